The molecule has 2 unspecified atom stereocenters. The number of carbonyl (C=O) groups excluding carboxylic acids is 1. The molecule has 2 fully saturated rings. The van der Waals surface area contributed by atoms with Crippen LogP contribution in [-0.4, -0.2) is 40.3 Å². The van der Waals surface area contributed by atoms with Gasteiger partial charge < -0.3 is 20.1 Å². The highest BCUT2D eigenvalue weighted by Gasteiger charge is 2.81. The standard InChI is InChI=1S/C25H42O5/c1-3-4-5-6-7-8-9-11-15-20-17-14-18-21(20)16-12-10-13-19-24(23(27)30-2)22(26)25(24,28)29/h10-12,15,20-22,26,28-29H,3-9,13-14,16-19H2,1-2H3/b12-10-,15-11+/t20-,21-,22?,24?/m0/s1. The average Bonchev–Trinajstić information content (AvgIpc) is 3.02. The molecule has 5 heteroatoms. The van der Waals surface area contributed by atoms with Crippen molar-refractivity contribution in [1.82, 2.24) is 0 Å². The van der Waals surface area contributed by atoms with E-state index >= 15 is 0 Å². The lowest BCUT2D eigenvalue weighted by Gasteiger charge is -2.15. The molecule has 2 aliphatic carbocycles. The lowest BCUT2D eigenvalue weighted by molar-refractivity contribution is -0.163. The van der Waals surface area contributed by atoms with Crippen molar-refractivity contribution in [3.8, 4) is 0 Å². The molecular weight excluding hydrogens is 380 g/mol. The first kappa shape index (κ1) is 25.1. The third-order valence-electron chi connectivity index (χ3n) is 7.11. The molecule has 2 aliphatic rings. The number of carbonyl (C=O) groups is 1. The van der Waals surface area contributed by atoms with Crippen LogP contribution < -0.4 is 0 Å². The quantitative estimate of drug-likeness (QED) is 0.164. The Bertz CT molecular complexity index is 582. The van der Waals surface area contributed by atoms with Crippen molar-refractivity contribution in [1.29, 1.82) is 0 Å². The van der Waals surface area contributed by atoms with Gasteiger partial charge in [0.25, 0.3) is 0 Å². The molecular formula is C25H42O5. The van der Waals surface area contributed by atoms with E-state index in [-0.39, 0.29) is 6.42 Å². The van der Waals surface area contributed by atoms with Gasteiger partial charge in [0.2, 0.25) is 5.79 Å². The summed E-state index contributed by atoms with van der Waals surface area (Å²) in [4.78, 5) is 11.9. The minimum atomic E-state index is -2.38. The van der Waals surface area contributed by atoms with Crippen LogP contribution in [-0.2, 0) is 9.53 Å². The van der Waals surface area contributed by atoms with E-state index in [0.717, 1.165) is 6.42 Å². The van der Waals surface area contributed by atoms with Crippen LogP contribution in [0.2, 0.25) is 0 Å². The molecule has 0 spiro atoms. The summed E-state index contributed by atoms with van der Waals surface area (Å²) in [6, 6.07) is 0. The van der Waals surface area contributed by atoms with E-state index in [1.165, 1.54) is 71.3 Å². The molecule has 0 saturated heterocycles. The SMILES string of the molecule is CCCCCCCC/C=C/[C@H]1CCC[C@@H]1C/C=C\CCC1(C(=O)OC)C(O)C1(O)O. The van der Waals surface area contributed by atoms with Crippen molar-refractivity contribution in [3.05, 3.63) is 24.3 Å². The lowest BCUT2D eigenvalue weighted by Crippen LogP contribution is -2.29. The van der Waals surface area contributed by atoms with Gasteiger partial charge in [0.15, 0.2) is 5.41 Å². The van der Waals surface area contributed by atoms with Crippen molar-refractivity contribution in [2.24, 2.45) is 17.3 Å². The Hall–Kier alpha value is -1.17. The van der Waals surface area contributed by atoms with E-state index < -0.39 is 23.3 Å². The van der Waals surface area contributed by atoms with Gasteiger partial charge in [0.05, 0.1) is 7.11 Å². The van der Waals surface area contributed by atoms with Gasteiger partial charge >= 0.3 is 5.97 Å². The number of hydrogen-bond acceptors (Lipinski definition) is 5. The minimum absolute atomic E-state index is 0.163. The van der Waals surface area contributed by atoms with Crippen LogP contribution in [0.5, 0.6) is 0 Å². The van der Waals surface area contributed by atoms with Crippen LogP contribution >= 0.6 is 0 Å². The summed E-state index contributed by atoms with van der Waals surface area (Å²) < 4.78 is 4.66. The molecule has 0 heterocycles. The molecule has 0 aromatic carbocycles. The Balaban J connectivity index is 1.68. The summed E-state index contributed by atoms with van der Waals surface area (Å²) in [5.41, 5.74) is -1.61. The second-order valence-electron chi connectivity index (χ2n) is 9.18. The predicted octanol–water partition coefficient (Wildman–Crippen LogP) is 4.65. The van der Waals surface area contributed by atoms with Gasteiger partial charge in [-0.15, -0.1) is 0 Å². The smallest absolute Gasteiger partial charge is 0.320 e. The third-order valence-corrected chi connectivity index (χ3v) is 7.11. The third kappa shape index (κ3) is 5.95. The molecule has 5 nitrogen and oxygen atoms in total. The van der Waals surface area contributed by atoms with E-state index in [2.05, 4.69) is 29.9 Å². The number of aliphatic hydroxyl groups is 3. The second kappa shape index (κ2) is 12.0. The number of aliphatic hydroxyl groups excluding tert-OH is 1. The zero-order valence-electron chi connectivity index (χ0n) is 18.9. The zero-order chi connectivity index (χ0) is 22.0. The molecule has 4 atom stereocenters. The number of ether oxygens (including phenoxy) is 1. The number of allylic oxidation sites excluding steroid dienone is 4. The molecule has 0 aliphatic heterocycles. The van der Waals surface area contributed by atoms with Crippen molar-refractivity contribution in [3.63, 3.8) is 0 Å². The van der Waals surface area contributed by atoms with Gasteiger partial charge in [0.1, 0.15) is 6.10 Å². The molecule has 172 valence electrons. The van der Waals surface area contributed by atoms with Gasteiger partial charge in [-0.3, -0.25) is 4.79 Å². The van der Waals surface area contributed by atoms with Crippen LogP contribution in [0.4, 0.5) is 0 Å². The fourth-order valence-corrected chi connectivity index (χ4v) is 4.97. The Morgan fingerprint density at radius 2 is 1.73 bits per heavy atom. The fraction of sp³-hybridized carbons (Fsp3) is 0.800. The topological polar surface area (TPSA) is 87.0 Å². The van der Waals surface area contributed by atoms with E-state index in [4.69, 9.17) is 0 Å². The van der Waals surface area contributed by atoms with Gasteiger partial charge in [-0.25, -0.2) is 0 Å². The van der Waals surface area contributed by atoms with Crippen LogP contribution in [0.25, 0.3) is 0 Å². The maximum Gasteiger partial charge on any atom is 0.320 e. The van der Waals surface area contributed by atoms with Crippen LogP contribution in [0.15, 0.2) is 24.3 Å². The van der Waals surface area contributed by atoms with Gasteiger partial charge in [0, 0.05) is 0 Å². The van der Waals surface area contributed by atoms with E-state index in [0.29, 0.717) is 18.3 Å². The van der Waals surface area contributed by atoms with E-state index in [1.54, 1.807) is 0 Å². The normalized spacial score (nSPS) is 30.4. The first-order valence-electron chi connectivity index (χ1n) is 11.9. The van der Waals surface area contributed by atoms with E-state index in [9.17, 15) is 20.1 Å². The van der Waals surface area contributed by atoms with Crippen LogP contribution in [0.1, 0.15) is 90.4 Å². The molecule has 2 saturated carbocycles. The first-order chi connectivity index (χ1) is 14.4. The molecule has 30 heavy (non-hydrogen) atoms. The highest BCUT2D eigenvalue weighted by atomic mass is 16.6. The summed E-state index contributed by atoms with van der Waals surface area (Å²) in [7, 11) is 1.20. The van der Waals surface area contributed by atoms with Crippen molar-refractivity contribution < 1.29 is 24.9 Å². The summed E-state index contributed by atoms with van der Waals surface area (Å²) in [5.74, 6) is -1.83. The number of methoxy groups -OCH3 is 1. The molecule has 0 aromatic heterocycles. The number of hydrogen-bond donors (Lipinski definition) is 3. The number of unbranched alkanes of at least 4 members (excludes halogenated alkanes) is 6. The summed E-state index contributed by atoms with van der Waals surface area (Å²) in [6.07, 6.45) is 22.1. The maximum atomic E-state index is 11.9. The highest BCUT2D eigenvalue weighted by molar-refractivity contribution is 5.83. The molecule has 0 amide bonds. The molecule has 2 rings (SSSR count). The minimum Gasteiger partial charge on any atom is -0.468 e. The monoisotopic (exact) mass is 422 g/mol. The highest BCUT2D eigenvalue weighted by Crippen LogP contribution is 2.58. The van der Waals surface area contributed by atoms with Gasteiger partial charge in [-0.2, -0.15) is 0 Å². The Kier molecular flexibility index (Phi) is 10.1. The molecule has 3 N–H and O–H groups in total. The largest absolute Gasteiger partial charge is 0.468 e. The average molecular weight is 423 g/mol. The predicted molar refractivity (Wildman–Crippen MR) is 119 cm³/mol. The van der Waals surface area contributed by atoms with Gasteiger partial charge in [-0.05, 0) is 56.8 Å². The molecule has 0 aromatic rings. The van der Waals surface area contributed by atoms with E-state index in [1.807, 2.05) is 6.08 Å². The molecule has 0 radical (unpaired) electrons. The number of esters is 1. The summed E-state index contributed by atoms with van der Waals surface area (Å²) in [5, 5.41) is 29.5. The lowest BCUT2D eigenvalue weighted by atomic mass is 9.91. The van der Waals surface area contributed by atoms with Crippen molar-refractivity contribution in [2.75, 3.05) is 7.11 Å². The Morgan fingerprint density at radius 1 is 1.03 bits per heavy atom. The maximum absolute atomic E-state index is 11.9. The first-order valence-corrected chi connectivity index (χ1v) is 11.9. The van der Waals surface area contributed by atoms with Crippen LogP contribution in [0, 0.1) is 17.3 Å². The second-order valence-corrected chi connectivity index (χ2v) is 9.18. The molecule has 0 bridgehead atoms. The summed E-state index contributed by atoms with van der Waals surface area (Å²) >= 11 is 0. The zero-order valence-corrected chi connectivity index (χ0v) is 18.9. The number of rotatable bonds is 14. The van der Waals surface area contributed by atoms with Crippen LogP contribution in [0.3, 0.4) is 0 Å². The van der Waals surface area contributed by atoms with Gasteiger partial charge in [-0.1, -0.05) is 69.8 Å². The Morgan fingerprint density at radius 3 is 2.40 bits per heavy atom. The van der Waals surface area contributed by atoms with Crippen molar-refractivity contribution in [2.45, 2.75) is 102 Å². The van der Waals surface area contributed by atoms with Crippen molar-refractivity contribution >= 4 is 5.97 Å². The Labute approximate surface area is 182 Å². The fourth-order valence-electron chi connectivity index (χ4n) is 4.97. The summed E-state index contributed by atoms with van der Waals surface area (Å²) in [6.45, 7) is 2.25.